The Hall–Kier alpha value is -2.99. The lowest BCUT2D eigenvalue weighted by atomic mass is 10.0. The summed E-state index contributed by atoms with van der Waals surface area (Å²) in [6.45, 7) is 2.51. The number of benzene rings is 2. The first-order valence-electron chi connectivity index (χ1n) is 9.00. The highest BCUT2D eigenvalue weighted by molar-refractivity contribution is 5.85. The number of pyridine rings is 1. The van der Waals surface area contributed by atoms with Gasteiger partial charge in [0.15, 0.2) is 23.0 Å². The van der Waals surface area contributed by atoms with Crippen LogP contribution in [0.25, 0.3) is 10.8 Å². The van der Waals surface area contributed by atoms with Crippen molar-refractivity contribution in [2.45, 2.75) is 13.0 Å². The number of hydrogen-bond donors (Lipinski definition) is 0. The Kier molecular flexibility index (Phi) is 6.21. The van der Waals surface area contributed by atoms with E-state index in [0.29, 0.717) is 29.6 Å². The summed E-state index contributed by atoms with van der Waals surface area (Å²) in [5, 5.41) is 1.96. The van der Waals surface area contributed by atoms with Crippen LogP contribution in [-0.4, -0.2) is 40.0 Å². The SMILES string of the molecule is CCOC(c1ccc(OC)c(OC)c1)c1cc2cc(OC)c(OC)cc2cn1. The van der Waals surface area contributed by atoms with Crippen molar-refractivity contribution in [2.75, 3.05) is 35.0 Å². The third-order valence-corrected chi connectivity index (χ3v) is 4.56. The Morgan fingerprint density at radius 1 is 0.750 bits per heavy atom. The molecule has 3 rings (SSSR count). The summed E-state index contributed by atoms with van der Waals surface area (Å²) in [6.07, 6.45) is 1.49. The van der Waals surface area contributed by atoms with Crippen LogP contribution in [0.5, 0.6) is 23.0 Å². The Morgan fingerprint density at radius 3 is 1.96 bits per heavy atom. The van der Waals surface area contributed by atoms with Crippen molar-refractivity contribution >= 4 is 10.8 Å². The first-order chi connectivity index (χ1) is 13.6. The molecule has 0 saturated carbocycles. The largest absolute Gasteiger partial charge is 0.493 e. The first kappa shape index (κ1) is 19.8. The zero-order valence-corrected chi connectivity index (χ0v) is 16.8. The molecule has 3 aromatic rings. The van der Waals surface area contributed by atoms with Crippen molar-refractivity contribution in [1.29, 1.82) is 0 Å². The highest BCUT2D eigenvalue weighted by atomic mass is 16.5. The minimum atomic E-state index is -0.331. The van der Waals surface area contributed by atoms with Crippen molar-refractivity contribution in [1.82, 2.24) is 4.98 Å². The van der Waals surface area contributed by atoms with Gasteiger partial charge < -0.3 is 23.7 Å². The molecule has 0 bridgehead atoms. The monoisotopic (exact) mass is 383 g/mol. The standard InChI is InChI=1S/C22H25NO5/c1-6-28-22(14-7-8-18(24-2)19(10-14)25-3)17-9-15-11-20(26-4)21(27-5)12-16(15)13-23-17/h7-13,22H,6H2,1-5H3. The molecule has 0 spiro atoms. The summed E-state index contributed by atoms with van der Waals surface area (Å²) in [5.41, 5.74) is 1.74. The van der Waals surface area contributed by atoms with Crippen LogP contribution in [-0.2, 0) is 4.74 Å². The van der Waals surface area contributed by atoms with E-state index < -0.39 is 0 Å². The fraction of sp³-hybridized carbons (Fsp3) is 0.318. The number of fused-ring (bicyclic) bond motifs is 1. The van der Waals surface area contributed by atoms with Gasteiger partial charge in [0.05, 0.1) is 34.1 Å². The van der Waals surface area contributed by atoms with Gasteiger partial charge in [-0.1, -0.05) is 6.07 Å². The van der Waals surface area contributed by atoms with E-state index in [4.69, 9.17) is 23.7 Å². The zero-order valence-electron chi connectivity index (χ0n) is 16.8. The van der Waals surface area contributed by atoms with Gasteiger partial charge in [0, 0.05) is 18.2 Å². The molecule has 6 nitrogen and oxygen atoms in total. The van der Waals surface area contributed by atoms with E-state index in [-0.39, 0.29) is 6.10 Å². The first-order valence-corrected chi connectivity index (χ1v) is 9.00. The van der Waals surface area contributed by atoms with Gasteiger partial charge in [-0.3, -0.25) is 4.98 Å². The molecular weight excluding hydrogens is 358 g/mol. The molecule has 2 aromatic carbocycles. The summed E-state index contributed by atoms with van der Waals surface area (Å²) in [4.78, 5) is 4.64. The molecule has 6 heteroatoms. The summed E-state index contributed by atoms with van der Waals surface area (Å²) in [7, 11) is 6.47. The number of ether oxygens (including phenoxy) is 5. The minimum Gasteiger partial charge on any atom is -0.493 e. The van der Waals surface area contributed by atoms with E-state index in [1.54, 1.807) is 28.4 Å². The van der Waals surface area contributed by atoms with Crippen LogP contribution in [0.15, 0.2) is 42.6 Å². The van der Waals surface area contributed by atoms with Gasteiger partial charge in [-0.05, 0) is 48.2 Å². The quantitative estimate of drug-likeness (QED) is 0.575. The lowest BCUT2D eigenvalue weighted by molar-refractivity contribution is 0.0883. The van der Waals surface area contributed by atoms with Gasteiger partial charge in [-0.25, -0.2) is 0 Å². The summed E-state index contributed by atoms with van der Waals surface area (Å²) < 4.78 is 27.6. The van der Waals surface area contributed by atoms with Gasteiger partial charge in [-0.15, -0.1) is 0 Å². The van der Waals surface area contributed by atoms with Gasteiger partial charge in [0.25, 0.3) is 0 Å². The molecule has 0 fully saturated rings. The number of hydrogen-bond acceptors (Lipinski definition) is 6. The van der Waals surface area contributed by atoms with Crippen LogP contribution >= 0.6 is 0 Å². The smallest absolute Gasteiger partial charge is 0.161 e. The fourth-order valence-electron chi connectivity index (χ4n) is 3.17. The highest BCUT2D eigenvalue weighted by Gasteiger charge is 2.19. The predicted molar refractivity (Wildman–Crippen MR) is 108 cm³/mol. The highest BCUT2D eigenvalue weighted by Crippen LogP contribution is 2.36. The average Bonchev–Trinajstić information content (AvgIpc) is 2.75. The summed E-state index contributed by atoms with van der Waals surface area (Å²) in [5.74, 6) is 2.67. The zero-order chi connectivity index (χ0) is 20.1. The van der Waals surface area contributed by atoms with Crippen LogP contribution in [0, 0.1) is 0 Å². The third kappa shape index (κ3) is 3.82. The normalized spacial score (nSPS) is 11.9. The van der Waals surface area contributed by atoms with E-state index in [1.165, 1.54) is 0 Å². The average molecular weight is 383 g/mol. The molecule has 28 heavy (non-hydrogen) atoms. The minimum absolute atomic E-state index is 0.331. The molecule has 0 aliphatic rings. The van der Waals surface area contributed by atoms with Crippen LogP contribution in [0.3, 0.4) is 0 Å². The lowest BCUT2D eigenvalue weighted by Gasteiger charge is -2.19. The van der Waals surface area contributed by atoms with Crippen LogP contribution in [0.4, 0.5) is 0 Å². The third-order valence-electron chi connectivity index (χ3n) is 4.56. The Labute approximate surface area is 165 Å². The topological polar surface area (TPSA) is 59.0 Å². The maximum absolute atomic E-state index is 6.02. The molecule has 0 radical (unpaired) electrons. The van der Waals surface area contributed by atoms with Crippen molar-refractivity contribution < 1.29 is 23.7 Å². The maximum atomic E-state index is 6.02. The Bertz CT molecular complexity index is 957. The Balaban J connectivity index is 2.08. The van der Waals surface area contributed by atoms with Crippen molar-refractivity contribution in [3.05, 3.63) is 53.9 Å². The number of methoxy groups -OCH3 is 4. The molecule has 0 aliphatic carbocycles. The molecular formula is C22H25NO5. The lowest BCUT2D eigenvalue weighted by Crippen LogP contribution is -2.08. The number of rotatable bonds is 8. The number of aromatic nitrogens is 1. The van der Waals surface area contributed by atoms with E-state index in [2.05, 4.69) is 4.98 Å². The van der Waals surface area contributed by atoms with Crippen molar-refractivity contribution in [2.24, 2.45) is 0 Å². The van der Waals surface area contributed by atoms with Crippen LogP contribution < -0.4 is 18.9 Å². The van der Waals surface area contributed by atoms with Gasteiger partial charge in [0.1, 0.15) is 6.10 Å². The molecule has 1 unspecified atom stereocenters. The fourth-order valence-corrected chi connectivity index (χ4v) is 3.17. The van der Waals surface area contributed by atoms with Gasteiger partial charge in [0.2, 0.25) is 0 Å². The molecule has 1 aromatic heterocycles. The molecule has 0 amide bonds. The molecule has 0 saturated heterocycles. The van der Waals surface area contributed by atoms with Gasteiger partial charge >= 0.3 is 0 Å². The van der Waals surface area contributed by atoms with Crippen LogP contribution in [0.1, 0.15) is 24.3 Å². The van der Waals surface area contributed by atoms with Crippen LogP contribution in [0.2, 0.25) is 0 Å². The second-order valence-electron chi connectivity index (χ2n) is 6.11. The van der Waals surface area contributed by atoms with E-state index in [9.17, 15) is 0 Å². The van der Waals surface area contributed by atoms with Gasteiger partial charge in [-0.2, -0.15) is 0 Å². The Morgan fingerprint density at radius 2 is 1.36 bits per heavy atom. The molecule has 1 heterocycles. The van der Waals surface area contributed by atoms with Crippen molar-refractivity contribution in [3.8, 4) is 23.0 Å². The van der Waals surface area contributed by atoms with Crippen molar-refractivity contribution in [3.63, 3.8) is 0 Å². The second-order valence-corrected chi connectivity index (χ2v) is 6.11. The number of nitrogens with zero attached hydrogens (tertiary/aromatic N) is 1. The molecule has 0 aliphatic heterocycles. The molecule has 1 atom stereocenters. The van der Waals surface area contributed by atoms with E-state index >= 15 is 0 Å². The predicted octanol–water partition coefficient (Wildman–Crippen LogP) is 4.40. The second kappa shape index (κ2) is 8.80. The maximum Gasteiger partial charge on any atom is 0.161 e. The molecule has 148 valence electrons. The molecule has 0 N–H and O–H groups in total. The summed E-state index contributed by atoms with van der Waals surface area (Å²) in [6, 6.07) is 11.6. The van der Waals surface area contributed by atoms with E-state index in [1.807, 2.05) is 49.5 Å². The van der Waals surface area contributed by atoms with E-state index in [0.717, 1.165) is 22.0 Å². The summed E-state index contributed by atoms with van der Waals surface area (Å²) >= 11 is 0.